The number of anilines is 1. The van der Waals surface area contributed by atoms with E-state index >= 15 is 0 Å². The number of rotatable bonds is 1. The maximum Gasteiger partial charge on any atom is 0.419 e. The molecule has 0 saturated carbocycles. The van der Waals surface area contributed by atoms with E-state index in [-0.39, 0.29) is 11.4 Å². The summed E-state index contributed by atoms with van der Waals surface area (Å²) in [6, 6.07) is 3.20. The molecule has 0 aliphatic heterocycles. The molecule has 0 unspecified atom stereocenters. The van der Waals surface area contributed by atoms with Gasteiger partial charge in [-0.2, -0.15) is 18.3 Å². The van der Waals surface area contributed by atoms with Crippen molar-refractivity contribution in [2.75, 3.05) is 5.73 Å². The summed E-state index contributed by atoms with van der Waals surface area (Å²) in [6.45, 7) is 0. The molecule has 1 aromatic carbocycles. The van der Waals surface area contributed by atoms with Gasteiger partial charge in [-0.25, -0.2) is 0 Å². The largest absolute Gasteiger partial charge is 0.507 e. The number of nitrogens with zero attached hydrogens (tertiary/aromatic N) is 2. The van der Waals surface area contributed by atoms with Crippen LogP contribution in [0, 0.1) is 0 Å². The number of nitrogens with two attached hydrogens (primary N) is 1. The molecule has 0 aliphatic rings. The minimum Gasteiger partial charge on any atom is -0.507 e. The predicted octanol–water partition coefficient (Wildman–Crippen LogP) is 2.39. The molecule has 2 aromatic rings. The van der Waals surface area contributed by atoms with Gasteiger partial charge in [0.05, 0.1) is 11.8 Å². The van der Waals surface area contributed by atoms with Gasteiger partial charge in [-0.1, -0.05) is 6.07 Å². The number of aryl methyl sites for hydroxylation is 1. The molecular weight excluding hydrogens is 247 g/mol. The van der Waals surface area contributed by atoms with Crippen LogP contribution in [0.25, 0.3) is 11.1 Å². The molecule has 0 atom stereocenters. The Morgan fingerprint density at radius 3 is 2.50 bits per heavy atom. The highest BCUT2D eigenvalue weighted by molar-refractivity contribution is 5.74. The van der Waals surface area contributed by atoms with E-state index in [2.05, 4.69) is 5.10 Å². The minimum atomic E-state index is -4.61. The Balaban J connectivity index is 2.58. The van der Waals surface area contributed by atoms with E-state index in [0.29, 0.717) is 5.56 Å². The Labute approximate surface area is 100 Å². The zero-order valence-corrected chi connectivity index (χ0v) is 9.36. The first-order valence-electron chi connectivity index (χ1n) is 4.98. The maximum absolute atomic E-state index is 12.6. The predicted molar refractivity (Wildman–Crippen MR) is 59.7 cm³/mol. The third kappa shape index (κ3) is 1.99. The van der Waals surface area contributed by atoms with Gasteiger partial charge in [0.2, 0.25) is 0 Å². The summed E-state index contributed by atoms with van der Waals surface area (Å²) in [5.41, 5.74) is 5.24. The lowest BCUT2D eigenvalue weighted by atomic mass is 10.0. The van der Waals surface area contributed by atoms with Gasteiger partial charge in [0.1, 0.15) is 11.6 Å². The standard InChI is InChI=1S/C11H10F3N3O/c1-17-10(15)7(5-16-17)6-2-3-9(18)8(4-6)11(12,13)14/h2-5,18H,15H2,1H3. The van der Waals surface area contributed by atoms with Crippen molar-refractivity contribution in [2.45, 2.75) is 6.18 Å². The lowest BCUT2D eigenvalue weighted by molar-refractivity contribution is -0.138. The fourth-order valence-electron chi connectivity index (χ4n) is 1.60. The lowest BCUT2D eigenvalue weighted by Crippen LogP contribution is -2.05. The van der Waals surface area contributed by atoms with Crippen LogP contribution in [0.3, 0.4) is 0 Å². The average Bonchev–Trinajstić information content (AvgIpc) is 2.59. The molecule has 0 radical (unpaired) electrons. The number of aromatic hydroxyl groups is 1. The number of benzene rings is 1. The molecule has 3 N–H and O–H groups in total. The van der Waals surface area contributed by atoms with Crippen molar-refractivity contribution >= 4 is 5.82 Å². The summed E-state index contributed by atoms with van der Waals surface area (Å²) in [6.07, 6.45) is -3.24. The molecule has 0 bridgehead atoms. The number of halogens is 3. The summed E-state index contributed by atoms with van der Waals surface area (Å²) in [5.74, 6) is -0.553. The van der Waals surface area contributed by atoms with E-state index in [1.807, 2.05) is 0 Å². The molecule has 1 heterocycles. The summed E-state index contributed by atoms with van der Waals surface area (Å²) >= 11 is 0. The molecule has 0 saturated heterocycles. The second kappa shape index (κ2) is 3.94. The van der Waals surface area contributed by atoms with Gasteiger partial charge in [0.15, 0.2) is 0 Å². The van der Waals surface area contributed by atoms with Crippen LogP contribution in [-0.2, 0) is 13.2 Å². The van der Waals surface area contributed by atoms with E-state index in [9.17, 15) is 18.3 Å². The molecule has 1 aromatic heterocycles. The van der Waals surface area contributed by atoms with Crippen LogP contribution in [0.2, 0.25) is 0 Å². The van der Waals surface area contributed by atoms with Gasteiger partial charge in [-0.15, -0.1) is 0 Å². The molecule has 0 amide bonds. The van der Waals surface area contributed by atoms with Crippen LogP contribution in [-0.4, -0.2) is 14.9 Å². The fraction of sp³-hybridized carbons (Fsp3) is 0.182. The highest BCUT2D eigenvalue weighted by Gasteiger charge is 2.34. The van der Waals surface area contributed by atoms with Crippen molar-refractivity contribution in [1.29, 1.82) is 0 Å². The SMILES string of the molecule is Cn1ncc(-c2ccc(O)c(C(F)(F)F)c2)c1N. The van der Waals surface area contributed by atoms with Crippen molar-refractivity contribution in [2.24, 2.45) is 7.05 Å². The van der Waals surface area contributed by atoms with Gasteiger partial charge in [-0.3, -0.25) is 4.68 Å². The van der Waals surface area contributed by atoms with Gasteiger partial charge in [0.25, 0.3) is 0 Å². The van der Waals surface area contributed by atoms with Gasteiger partial charge in [0, 0.05) is 12.6 Å². The number of hydrogen-bond acceptors (Lipinski definition) is 3. The first-order chi connectivity index (χ1) is 8.30. The van der Waals surface area contributed by atoms with E-state index in [1.54, 1.807) is 7.05 Å². The Bertz CT molecular complexity index is 590. The molecule has 0 fully saturated rings. The van der Waals surface area contributed by atoms with Crippen LogP contribution in [0.5, 0.6) is 5.75 Å². The van der Waals surface area contributed by atoms with Crippen molar-refractivity contribution in [1.82, 2.24) is 9.78 Å². The lowest BCUT2D eigenvalue weighted by Gasteiger charge is -2.10. The minimum absolute atomic E-state index is 0.255. The van der Waals surface area contributed by atoms with Gasteiger partial charge >= 0.3 is 6.18 Å². The van der Waals surface area contributed by atoms with Gasteiger partial charge < -0.3 is 10.8 Å². The molecule has 7 heteroatoms. The number of hydrogen-bond donors (Lipinski definition) is 2. The van der Waals surface area contributed by atoms with E-state index in [4.69, 9.17) is 5.73 Å². The third-order valence-electron chi connectivity index (χ3n) is 2.60. The van der Waals surface area contributed by atoms with Crippen LogP contribution in [0.4, 0.5) is 19.0 Å². The second-order valence-electron chi connectivity index (χ2n) is 3.80. The third-order valence-corrected chi connectivity index (χ3v) is 2.60. The number of aromatic nitrogens is 2. The Hall–Kier alpha value is -2.18. The smallest absolute Gasteiger partial charge is 0.419 e. The van der Waals surface area contributed by atoms with E-state index < -0.39 is 17.5 Å². The van der Waals surface area contributed by atoms with Crippen molar-refractivity contribution in [3.63, 3.8) is 0 Å². The number of alkyl halides is 3. The maximum atomic E-state index is 12.6. The quantitative estimate of drug-likeness (QED) is 0.824. The average molecular weight is 257 g/mol. The van der Waals surface area contributed by atoms with E-state index in [1.165, 1.54) is 16.9 Å². The highest BCUT2D eigenvalue weighted by atomic mass is 19.4. The molecule has 0 aliphatic carbocycles. The van der Waals surface area contributed by atoms with Crippen molar-refractivity contribution < 1.29 is 18.3 Å². The molecule has 18 heavy (non-hydrogen) atoms. The Kier molecular flexibility index (Phi) is 2.68. The number of phenols is 1. The summed E-state index contributed by atoms with van der Waals surface area (Å²) in [5, 5.41) is 13.1. The Morgan fingerprint density at radius 1 is 1.33 bits per heavy atom. The molecular formula is C11H10F3N3O. The van der Waals surface area contributed by atoms with Crippen molar-refractivity contribution in [3.8, 4) is 16.9 Å². The van der Waals surface area contributed by atoms with Crippen molar-refractivity contribution in [3.05, 3.63) is 30.0 Å². The highest BCUT2D eigenvalue weighted by Crippen LogP contribution is 2.38. The first kappa shape index (κ1) is 12.3. The van der Waals surface area contributed by atoms with Crippen LogP contribution in [0.15, 0.2) is 24.4 Å². The van der Waals surface area contributed by atoms with Crippen LogP contribution < -0.4 is 5.73 Å². The zero-order chi connectivity index (χ0) is 13.5. The van der Waals surface area contributed by atoms with Crippen LogP contribution >= 0.6 is 0 Å². The second-order valence-corrected chi connectivity index (χ2v) is 3.80. The molecule has 96 valence electrons. The molecule has 0 spiro atoms. The summed E-state index contributed by atoms with van der Waals surface area (Å²) in [7, 11) is 1.59. The molecule has 2 rings (SSSR count). The number of nitrogen functional groups attached to an aromatic ring is 1. The van der Waals surface area contributed by atoms with Gasteiger partial charge in [-0.05, 0) is 17.7 Å². The zero-order valence-electron chi connectivity index (χ0n) is 9.36. The monoisotopic (exact) mass is 257 g/mol. The first-order valence-corrected chi connectivity index (χ1v) is 4.98. The number of phenolic OH excluding ortho intramolecular Hbond substituents is 1. The summed E-state index contributed by atoms with van der Waals surface area (Å²) < 4.78 is 39.3. The normalized spacial score (nSPS) is 11.8. The van der Waals surface area contributed by atoms with E-state index in [0.717, 1.165) is 12.1 Å². The summed E-state index contributed by atoms with van der Waals surface area (Å²) in [4.78, 5) is 0. The van der Waals surface area contributed by atoms with Crippen LogP contribution in [0.1, 0.15) is 5.56 Å². The molecule has 4 nitrogen and oxygen atoms in total. The topological polar surface area (TPSA) is 64.1 Å². The fourth-order valence-corrected chi connectivity index (χ4v) is 1.60. The Morgan fingerprint density at radius 2 is 2.00 bits per heavy atom.